The largest absolute Gasteiger partial charge is 0.326 e. The first-order chi connectivity index (χ1) is 6.66. The Morgan fingerprint density at radius 3 is 2.79 bits per heavy atom. The normalized spacial score (nSPS) is 28.2. The number of hydrogen-bond acceptors (Lipinski definition) is 3. The van der Waals surface area contributed by atoms with Gasteiger partial charge >= 0.3 is 0 Å². The van der Waals surface area contributed by atoms with E-state index in [1.165, 1.54) is 6.07 Å². The Kier molecular flexibility index (Phi) is 2.48. The third kappa shape index (κ3) is 1.76. The van der Waals surface area contributed by atoms with Crippen molar-refractivity contribution >= 4 is 0 Å². The van der Waals surface area contributed by atoms with Crippen molar-refractivity contribution in [2.45, 2.75) is 12.0 Å². The molecular weight excluding hydrogens is 181 g/mol. The lowest BCUT2D eigenvalue weighted by Crippen LogP contribution is -2.27. The number of hydrogen-bond donors (Lipinski definition) is 1. The summed E-state index contributed by atoms with van der Waals surface area (Å²) in [5, 5.41) is 0. The highest BCUT2D eigenvalue weighted by Gasteiger charge is 2.29. The van der Waals surface area contributed by atoms with Crippen LogP contribution in [0, 0.1) is 5.95 Å². The van der Waals surface area contributed by atoms with Gasteiger partial charge in [-0.05, 0) is 18.7 Å². The second kappa shape index (κ2) is 3.63. The Balaban J connectivity index is 2.19. The van der Waals surface area contributed by atoms with E-state index < -0.39 is 5.95 Å². The zero-order valence-corrected chi connectivity index (χ0v) is 8.15. The maximum Gasteiger partial charge on any atom is 0.212 e. The first-order valence-electron chi connectivity index (χ1n) is 4.72. The fourth-order valence-electron chi connectivity index (χ4n) is 1.99. The SMILES string of the molecule is CN1C[C@H](c2ccc(F)nc2)[C@@H](N)C1. The fourth-order valence-corrected chi connectivity index (χ4v) is 1.99. The minimum Gasteiger partial charge on any atom is -0.326 e. The average molecular weight is 195 g/mol. The van der Waals surface area contributed by atoms with E-state index >= 15 is 0 Å². The van der Waals surface area contributed by atoms with E-state index in [9.17, 15) is 4.39 Å². The van der Waals surface area contributed by atoms with Gasteiger partial charge in [-0.3, -0.25) is 0 Å². The van der Waals surface area contributed by atoms with Gasteiger partial charge in [0.15, 0.2) is 0 Å². The molecule has 1 fully saturated rings. The van der Waals surface area contributed by atoms with E-state index in [1.54, 1.807) is 12.3 Å². The molecule has 4 heteroatoms. The zero-order valence-electron chi connectivity index (χ0n) is 8.15. The molecule has 0 spiro atoms. The Hall–Kier alpha value is -1.00. The summed E-state index contributed by atoms with van der Waals surface area (Å²) in [4.78, 5) is 5.82. The van der Waals surface area contributed by atoms with E-state index in [1.807, 2.05) is 7.05 Å². The third-order valence-corrected chi connectivity index (χ3v) is 2.73. The van der Waals surface area contributed by atoms with Crippen LogP contribution >= 0.6 is 0 Å². The predicted molar refractivity (Wildman–Crippen MR) is 52.4 cm³/mol. The van der Waals surface area contributed by atoms with Crippen molar-refractivity contribution in [1.29, 1.82) is 0 Å². The van der Waals surface area contributed by atoms with E-state index in [4.69, 9.17) is 5.73 Å². The Morgan fingerprint density at radius 1 is 1.50 bits per heavy atom. The summed E-state index contributed by atoms with van der Waals surface area (Å²) in [6.07, 6.45) is 1.58. The van der Waals surface area contributed by atoms with Gasteiger partial charge in [0, 0.05) is 31.2 Å². The maximum atomic E-state index is 12.6. The molecule has 0 radical (unpaired) electrons. The van der Waals surface area contributed by atoms with Gasteiger partial charge in [0.2, 0.25) is 5.95 Å². The van der Waals surface area contributed by atoms with Gasteiger partial charge in [-0.25, -0.2) is 4.98 Å². The summed E-state index contributed by atoms with van der Waals surface area (Å²) < 4.78 is 12.6. The number of likely N-dealkylation sites (tertiary alicyclic amines) is 1. The molecule has 0 amide bonds. The van der Waals surface area contributed by atoms with Crippen molar-refractivity contribution in [1.82, 2.24) is 9.88 Å². The minimum absolute atomic E-state index is 0.132. The van der Waals surface area contributed by atoms with Gasteiger partial charge in [-0.1, -0.05) is 6.07 Å². The van der Waals surface area contributed by atoms with Crippen LogP contribution in [0.1, 0.15) is 11.5 Å². The third-order valence-electron chi connectivity index (χ3n) is 2.73. The van der Waals surface area contributed by atoms with Crippen molar-refractivity contribution in [2.24, 2.45) is 5.73 Å². The quantitative estimate of drug-likeness (QED) is 0.666. The predicted octanol–water partition coefficient (Wildman–Crippen LogP) is 0.577. The Morgan fingerprint density at radius 2 is 2.29 bits per heavy atom. The number of halogens is 1. The minimum atomic E-state index is -0.436. The molecule has 1 aliphatic rings. The lowest BCUT2D eigenvalue weighted by molar-refractivity contribution is 0.407. The first-order valence-corrected chi connectivity index (χ1v) is 4.72. The van der Waals surface area contributed by atoms with Crippen molar-refractivity contribution < 1.29 is 4.39 Å². The molecule has 14 heavy (non-hydrogen) atoms. The highest BCUT2D eigenvalue weighted by molar-refractivity contribution is 5.20. The molecule has 1 saturated heterocycles. The molecule has 2 atom stereocenters. The van der Waals surface area contributed by atoms with Gasteiger partial charge in [-0.2, -0.15) is 4.39 Å². The number of nitrogens with zero attached hydrogens (tertiary/aromatic N) is 2. The van der Waals surface area contributed by atoms with E-state index in [0.717, 1.165) is 18.7 Å². The lowest BCUT2D eigenvalue weighted by atomic mass is 9.97. The van der Waals surface area contributed by atoms with Gasteiger partial charge in [0.05, 0.1) is 0 Å². The monoisotopic (exact) mass is 195 g/mol. The molecule has 0 unspecified atom stereocenters. The van der Waals surface area contributed by atoms with Crippen LogP contribution < -0.4 is 5.73 Å². The van der Waals surface area contributed by atoms with Crippen LogP contribution in [0.2, 0.25) is 0 Å². The highest BCUT2D eigenvalue weighted by atomic mass is 19.1. The maximum absolute atomic E-state index is 12.6. The number of nitrogens with two attached hydrogens (primary N) is 1. The summed E-state index contributed by atoms with van der Waals surface area (Å²) in [5.41, 5.74) is 7.01. The summed E-state index contributed by atoms with van der Waals surface area (Å²) in [6, 6.07) is 3.29. The molecular formula is C10H14FN3. The average Bonchev–Trinajstić information content (AvgIpc) is 2.47. The Labute approximate surface area is 82.7 Å². The zero-order chi connectivity index (χ0) is 10.1. The molecule has 0 bridgehead atoms. The van der Waals surface area contributed by atoms with Crippen molar-refractivity contribution in [3.8, 4) is 0 Å². The van der Waals surface area contributed by atoms with Crippen LogP contribution in [-0.4, -0.2) is 36.1 Å². The first kappa shape index (κ1) is 9.55. The smallest absolute Gasteiger partial charge is 0.212 e. The van der Waals surface area contributed by atoms with Crippen LogP contribution in [0.15, 0.2) is 18.3 Å². The molecule has 2 rings (SSSR count). The van der Waals surface area contributed by atoms with E-state index in [2.05, 4.69) is 9.88 Å². The summed E-state index contributed by atoms with van der Waals surface area (Å²) >= 11 is 0. The second-order valence-corrected chi connectivity index (χ2v) is 3.91. The van der Waals surface area contributed by atoms with E-state index in [0.29, 0.717) is 0 Å². The molecule has 0 aliphatic carbocycles. The van der Waals surface area contributed by atoms with Crippen LogP contribution in [0.25, 0.3) is 0 Å². The fraction of sp³-hybridized carbons (Fsp3) is 0.500. The molecule has 0 saturated carbocycles. The van der Waals surface area contributed by atoms with Gasteiger partial charge < -0.3 is 10.6 Å². The standard InChI is InChI=1S/C10H14FN3/c1-14-5-8(9(12)6-14)7-2-3-10(11)13-4-7/h2-4,8-9H,5-6,12H2,1H3/t8-,9+/m1/s1. The highest BCUT2D eigenvalue weighted by Crippen LogP contribution is 2.24. The molecule has 0 aromatic carbocycles. The summed E-state index contributed by atoms with van der Waals surface area (Å²) in [6.45, 7) is 1.82. The van der Waals surface area contributed by atoms with Gasteiger partial charge in [-0.15, -0.1) is 0 Å². The van der Waals surface area contributed by atoms with Gasteiger partial charge in [0.25, 0.3) is 0 Å². The number of likely N-dealkylation sites (N-methyl/N-ethyl adjacent to an activating group) is 1. The molecule has 3 nitrogen and oxygen atoms in total. The summed E-state index contributed by atoms with van der Waals surface area (Å²) in [5.74, 6) is -0.151. The molecule has 1 aromatic rings. The van der Waals surface area contributed by atoms with Crippen LogP contribution in [0.3, 0.4) is 0 Å². The summed E-state index contributed by atoms with van der Waals surface area (Å²) in [7, 11) is 2.04. The lowest BCUT2D eigenvalue weighted by Gasteiger charge is -2.13. The van der Waals surface area contributed by atoms with Crippen LogP contribution in [0.5, 0.6) is 0 Å². The van der Waals surface area contributed by atoms with Gasteiger partial charge in [0.1, 0.15) is 0 Å². The van der Waals surface area contributed by atoms with Crippen molar-refractivity contribution in [3.63, 3.8) is 0 Å². The number of rotatable bonds is 1. The molecule has 76 valence electrons. The van der Waals surface area contributed by atoms with Crippen molar-refractivity contribution in [2.75, 3.05) is 20.1 Å². The molecule has 2 N–H and O–H groups in total. The topological polar surface area (TPSA) is 42.2 Å². The van der Waals surface area contributed by atoms with Crippen LogP contribution in [-0.2, 0) is 0 Å². The van der Waals surface area contributed by atoms with Crippen LogP contribution in [0.4, 0.5) is 4.39 Å². The molecule has 2 heterocycles. The number of pyridine rings is 1. The second-order valence-electron chi connectivity index (χ2n) is 3.91. The molecule has 1 aromatic heterocycles. The van der Waals surface area contributed by atoms with E-state index in [-0.39, 0.29) is 12.0 Å². The Bertz CT molecular complexity index is 312. The van der Waals surface area contributed by atoms with Crippen molar-refractivity contribution in [3.05, 3.63) is 29.8 Å². The number of aromatic nitrogens is 1. The molecule has 1 aliphatic heterocycles.